The number of amides is 3. The number of carbonyl (C=O) groups is 2. The molecule has 158 valence electrons. The number of nitrogen functional groups attached to an aromatic ring is 1. The molecule has 0 aliphatic carbocycles. The van der Waals surface area contributed by atoms with Gasteiger partial charge < -0.3 is 31.5 Å². The highest BCUT2D eigenvalue weighted by Crippen LogP contribution is 2.26. The maximum Gasteiger partial charge on any atom is 0.320 e. The van der Waals surface area contributed by atoms with Gasteiger partial charge in [0.15, 0.2) is 11.5 Å². The van der Waals surface area contributed by atoms with E-state index in [0.29, 0.717) is 23.7 Å². The summed E-state index contributed by atoms with van der Waals surface area (Å²) in [6, 6.07) is 7.33. The Labute approximate surface area is 174 Å². The molecule has 10 heteroatoms. The number of urea groups is 1. The Hall–Kier alpha value is -3.56. The second-order valence-corrected chi connectivity index (χ2v) is 7.68. The number of aromatic nitrogens is 2. The second kappa shape index (κ2) is 8.05. The van der Waals surface area contributed by atoms with E-state index >= 15 is 0 Å². The largest absolute Gasteiger partial charge is 0.399 e. The van der Waals surface area contributed by atoms with Crippen LogP contribution in [0.25, 0.3) is 0 Å². The molecule has 1 aromatic heterocycles. The molecule has 0 radical (unpaired) electrons. The topological polar surface area (TPSA) is 134 Å². The molecular weight excluding hydrogens is 384 g/mol. The summed E-state index contributed by atoms with van der Waals surface area (Å²) in [7, 11) is 1.82. The van der Waals surface area contributed by atoms with E-state index < -0.39 is 5.91 Å². The highest BCUT2D eigenvalue weighted by Gasteiger charge is 2.34. The molecular formula is C20H26N8O2. The van der Waals surface area contributed by atoms with Gasteiger partial charge in [0.25, 0.3) is 5.91 Å². The molecule has 1 atom stereocenters. The van der Waals surface area contributed by atoms with Gasteiger partial charge in [0.2, 0.25) is 0 Å². The van der Waals surface area contributed by atoms with Crippen LogP contribution in [-0.2, 0) is 0 Å². The molecule has 1 aromatic carbocycles. The Morgan fingerprint density at radius 3 is 2.80 bits per heavy atom. The van der Waals surface area contributed by atoms with Gasteiger partial charge in [-0.25, -0.2) is 14.8 Å². The van der Waals surface area contributed by atoms with Crippen molar-refractivity contribution in [1.82, 2.24) is 19.8 Å². The van der Waals surface area contributed by atoms with Crippen LogP contribution in [0.1, 0.15) is 23.3 Å². The van der Waals surface area contributed by atoms with Crippen LogP contribution in [0.15, 0.2) is 30.5 Å². The standard InChI is InChI=1S/C20H26N8O2/c1-26-8-9-28(20(26)30)15-6-3-7-27(12-15)16-11-23-17(18(22)29)19(25-16)24-14-5-2-4-13(21)10-14/h2,4-5,10-11,15H,3,6-9,12,21H2,1H3,(H2,22,29)(H,24,25)/t15-/m1/s1. The third-order valence-corrected chi connectivity index (χ3v) is 5.55. The zero-order valence-corrected chi connectivity index (χ0v) is 16.9. The van der Waals surface area contributed by atoms with Crippen molar-refractivity contribution in [2.24, 2.45) is 5.73 Å². The lowest BCUT2D eigenvalue weighted by molar-refractivity contribution is 0.0996. The van der Waals surface area contributed by atoms with Crippen molar-refractivity contribution < 1.29 is 9.59 Å². The van der Waals surface area contributed by atoms with Crippen molar-refractivity contribution in [3.63, 3.8) is 0 Å². The Morgan fingerprint density at radius 2 is 2.10 bits per heavy atom. The van der Waals surface area contributed by atoms with Crippen LogP contribution in [0.5, 0.6) is 0 Å². The molecule has 4 rings (SSSR count). The van der Waals surface area contributed by atoms with Gasteiger partial charge in [0, 0.05) is 44.6 Å². The van der Waals surface area contributed by atoms with Crippen molar-refractivity contribution in [1.29, 1.82) is 0 Å². The SMILES string of the molecule is CN1CCN([C@@H]2CCCN(c3cnc(C(N)=O)c(Nc4cccc(N)c4)n3)C2)C1=O. The van der Waals surface area contributed by atoms with Gasteiger partial charge >= 0.3 is 6.03 Å². The average Bonchev–Trinajstić information content (AvgIpc) is 3.06. The summed E-state index contributed by atoms with van der Waals surface area (Å²) in [6.45, 7) is 2.96. The molecule has 10 nitrogen and oxygen atoms in total. The number of anilines is 4. The minimum absolute atomic E-state index is 0.0612. The number of benzene rings is 1. The Bertz CT molecular complexity index is 966. The van der Waals surface area contributed by atoms with Crippen LogP contribution < -0.4 is 21.7 Å². The fourth-order valence-corrected chi connectivity index (χ4v) is 3.98. The van der Waals surface area contributed by atoms with E-state index in [4.69, 9.17) is 11.5 Å². The molecule has 30 heavy (non-hydrogen) atoms. The molecule has 2 fully saturated rings. The first kappa shape index (κ1) is 19.7. The summed E-state index contributed by atoms with van der Waals surface area (Å²) in [5.41, 5.74) is 12.7. The van der Waals surface area contributed by atoms with E-state index in [1.165, 1.54) is 0 Å². The summed E-state index contributed by atoms with van der Waals surface area (Å²) in [4.78, 5) is 38.9. The van der Waals surface area contributed by atoms with Crippen molar-refractivity contribution >= 4 is 34.9 Å². The Kier molecular flexibility index (Phi) is 5.30. The van der Waals surface area contributed by atoms with E-state index in [1.54, 1.807) is 29.3 Å². The van der Waals surface area contributed by atoms with Crippen molar-refractivity contribution in [3.05, 3.63) is 36.2 Å². The molecule has 3 heterocycles. The minimum atomic E-state index is -0.664. The summed E-state index contributed by atoms with van der Waals surface area (Å²) in [6.07, 6.45) is 3.46. The number of nitrogens with one attached hydrogen (secondary N) is 1. The molecule has 2 aliphatic rings. The lowest BCUT2D eigenvalue weighted by Crippen LogP contribution is -2.49. The second-order valence-electron chi connectivity index (χ2n) is 7.68. The van der Waals surface area contributed by atoms with Crippen LogP contribution in [-0.4, -0.2) is 71.0 Å². The molecule has 0 unspecified atom stereocenters. The van der Waals surface area contributed by atoms with Crippen LogP contribution in [0, 0.1) is 0 Å². The number of nitrogens with zero attached hydrogens (tertiary/aromatic N) is 5. The number of hydrogen-bond acceptors (Lipinski definition) is 7. The van der Waals surface area contributed by atoms with E-state index in [-0.39, 0.29) is 23.6 Å². The van der Waals surface area contributed by atoms with Crippen LogP contribution >= 0.6 is 0 Å². The summed E-state index contributed by atoms with van der Waals surface area (Å²) in [5.74, 6) is 0.253. The quantitative estimate of drug-likeness (QED) is 0.631. The van der Waals surface area contributed by atoms with Gasteiger partial charge in [-0.15, -0.1) is 0 Å². The molecule has 2 aromatic rings. The van der Waals surface area contributed by atoms with Crippen LogP contribution in [0.3, 0.4) is 0 Å². The average molecular weight is 410 g/mol. The Balaban J connectivity index is 1.57. The molecule has 0 saturated carbocycles. The molecule has 5 N–H and O–H groups in total. The van der Waals surface area contributed by atoms with E-state index in [2.05, 4.69) is 20.2 Å². The smallest absolute Gasteiger partial charge is 0.320 e. The van der Waals surface area contributed by atoms with Gasteiger partial charge in [-0.1, -0.05) is 6.07 Å². The lowest BCUT2D eigenvalue weighted by atomic mass is 10.0. The monoisotopic (exact) mass is 410 g/mol. The molecule has 2 saturated heterocycles. The number of carbonyl (C=O) groups excluding carboxylic acids is 2. The number of rotatable bonds is 5. The zero-order chi connectivity index (χ0) is 21.3. The summed E-state index contributed by atoms with van der Waals surface area (Å²) in [5, 5.41) is 3.10. The van der Waals surface area contributed by atoms with Gasteiger partial charge in [0.05, 0.1) is 12.2 Å². The van der Waals surface area contributed by atoms with E-state index in [9.17, 15) is 9.59 Å². The molecule has 0 spiro atoms. The highest BCUT2D eigenvalue weighted by molar-refractivity contribution is 5.96. The third-order valence-electron chi connectivity index (χ3n) is 5.55. The predicted octanol–water partition coefficient (Wildman–Crippen LogP) is 1.24. The molecule has 3 amide bonds. The van der Waals surface area contributed by atoms with Crippen molar-refractivity contribution in [2.75, 3.05) is 49.2 Å². The number of primary amides is 1. The van der Waals surface area contributed by atoms with Gasteiger partial charge in [-0.3, -0.25) is 4.79 Å². The predicted molar refractivity (Wildman–Crippen MR) is 115 cm³/mol. The first-order valence-electron chi connectivity index (χ1n) is 9.98. The number of piperidine rings is 1. The van der Waals surface area contributed by atoms with Crippen LogP contribution in [0.2, 0.25) is 0 Å². The first-order chi connectivity index (χ1) is 14.4. The normalized spacial score (nSPS) is 19.3. The highest BCUT2D eigenvalue weighted by atomic mass is 16.2. The van der Waals surface area contributed by atoms with Crippen molar-refractivity contribution in [3.8, 4) is 0 Å². The summed E-state index contributed by atoms with van der Waals surface area (Å²) >= 11 is 0. The van der Waals surface area contributed by atoms with Crippen LogP contribution in [0.4, 0.5) is 27.8 Å². The van der Waals surface area contributed by atoms with Gasteiger partial charge in [0.1, 0.15) is 5.82 Å². The molecule has 2 aliphatic heterocycles. The number of likely N-dealkylation sites (N-methyl/N-ethyl adjacent to an activating group) is 1. The van der Waals surface area contributed by atoms with Gasteiger partial charge in [-0.2, -0.15) is 0 Å². The lowest BCUT2D eigenvalue weighted by Gasteiger charge is -2.37. The van der Waals surface area contributed by atoms with Gasteiger partial charge in [-0.05, 0) is 31.0 Å². The number of hydrogen-bond donors (Lipinski definition) is 3. The Morgan fingerprint density at radius 1 is 1.27 bits per heavy atom. The maximum atomic E-state index is 12.4. The minimum Gasteiger partial charge on any atom is -0.399 e. The van der Waals surface area contributed by atoms with Crippen molar-refractivity contribution in [2.45, 2.75) is 18.9 Å². The fraction of sp³-hybridized carbons (Fsp3) is 0.400. The van der Waals surface area contributed by atoms with E-state index in [0.717, 1.165) is 32.5 Å². The zero-order valence-electron chi connectivity index (χ0n) is 16.9. The molecule has 0 bridgehead atoms. The maximum absolute atomic E-state index is 12.4. The summed E-state index contributed by atoms with van der Waals surface area (Å²) < 4.78 is 0. The third kappa shape index (κ3) is 3.93. The van der Waals surface area contributed by atoms with E-state index in [1.807, 2.05) is 18.0 Å². The first-order valence-corrected chi connectivity index (χ1v) is 9.98. The number of nitrogens with two attached hydrogens (primary N) is 2. The fourth-order valence-electron chi connectivity index (χ4n) is 3.98.